The molecule has 1 heterocycles. The third-order valence-corrected chi connectivity index (χ3v) is 4.16. The van der Waals surface area contributed by atoms with Crippen molar-refractivity contribution < 1.29 is 8.42 Å². The van der Waals surface area contributed by atoms with Crippen molar-refractivity contribution in [3.8, 4) is 0 Å². The fourth-order valence-corrected chi connectivity index (χ4v) is 3.23. The molecule has 0 fully saturated rings. The van der Waals surface area contributed by atoms with Crippen LogP contribution in [-0.4, -0.2) is 13.4 Å². The summed E-state index contributed by atoms with van der Waals surface area (Å²) in [5, 5.41) is 0.636. The lowest BCUT2D eigenvalue weighted by Gasteiger charge is -2.11. The van der Waals surface area contributed by atoms with Crippen LogP contribution >= 0.6 is 23.2 Å². The minimum absolute atomic E-state index is 0.0353. The first-order valence-corrected chi connectivity index (χ1v) is 7.57. The van der Waals surface area contributed by atoms with Crippen LogP contribution in [0.15, 0.2) is 41.4 Å². The Bertz CT molecular complexity index is 717. The van der Waals surface area contributed by atoms with Crippen molar-refractivity contribution in [1.29, 1.82) is 0 Å². The van der Waals surface area contributed by atoms with Crippen molar-refractivity contribution in [2.45, 2.75) is 4.90 Å². The second-order valence-electron chi connectivity index (χ2n) is 3.76. The van der Waals surface area contributed by atoms with E-state index in [-0.39, 0.29) is 16.4 Å². The number of rotatable bonds is 4. The SMILES string of the molecule is NNc1ncccc1S(=O)(=O)Nc1cc(Cl)cc(Cl)c1. The molecule has 4 N–H and O–H groups in total. The molecule has 0 amide bonds. The first-order chi connectivity index (χ1) is 9.42. The van der Waals surface area contributed by atoms with Crippen molar-refractivity contribution >= 4 is 44.7 Å². The molecule has 2 rings (SSSR count). The molecule has 0 saturated heterocycles. The van der Waals surface area contributed by atoms with Gasteiger partial charge in [-0.15, -0.1) is 0 Å². The van der Waals surface area contributed by atoms with E-state index in [1.165, 1.54) is 36.5 Å². The Kier molecular flexibility index (Phi) is 4.34. The lowest BCUT2D eigenvalue weighted by molar-refractivity contribution is 0.601. The Morgan fingerprint density at radius 2 is 1.80 bits per heavy atom. The van der Waals surface area contributed by atoms with Crippen molar-refractivity contribution in [3.63, 3.8) is 0 Å². The first-order valence-electron chi connectivity index (χ1n) is 5.33. The van der Waals surface area contributed by atoms with E-state index in [4.69, 9.17) is 29.0 Å². The fourth-order valence-electron chi connectivity index (χ4n) is 1.54. The summed E-state index contributed by atoms with van der Waals surface area (Å²) in [6, 6.07) is 7.24. The Morgan fingerprint density at radius 1 is 1.15 bits per heavy atom. The molecule has 1 aromatic carbocycles. The smallest absolute Gasteiger partial charge is 0.265 e. The molecule has 0 aliphatic rings. The average molecular weight is 333 g/mol. The van der Waals surface area contributed by atoms with Gasteiger partial charge in [0, 0.05) is 16.2 Å². The van der Waals surface area contributed by atoms with Crippen LogP contribution in [0.4, 0.5) is 11.5 Å². The number of hydrogen-bond donors (Lipinski definition) is 3. The maximum Gasteiger partial charge on any atom is 0.265 e. The van der Waals surface area contributed by atoms with E-state index < -0.39 is 10.0 Å². The highest BCUT2D eigenvalue weighted by molar-refractivity contribution is 7.92. The topological polar surface area (TPSA) is 97.1 Å². The van der Waals surface area contributed by atoms with E-state index in [0.717, 1.165) is 0 Å². The predicted molar refractivity (Wildman–Crippen MR) is 79.3 cm³/mol. The number of pyridine rings is 1. The number of nitrogens with two attached hydrogens (primary N) is 1. The van der Waals surface area contributed by atoms with Crippen LogP contribution in [0, 0.1) is 0 Å². The van der Waals surface area contributed by atoms with Crippen LogP contribution in [-0.2, 0) is 10.0 Å². The van der Waals surface area contributed by atoms with Gasteiger partial charge in [0.05, 0.1) is 5.69 Å². The van der Waals surface area contributed by atoms with Gasteiger partial charge in [-0.05, 0) is 30.3 Å². The van der Waals surface area contributed by atoms with Crippen LogP contribution in [0.25, 0.3) is 0 Å². The average Bonchev–Trinajstić information content (AvgIpc) is 2.36. The molecular weight excluding hydrogens is 323 g/mol. The number of nitrogens with one attached hydrogen (secondary N) is 2. The molecule has 0 radical (unpaired) electrons. The van der Waals surface area contributed by atoms with Gasteiger partial charge in [-0.3, -0.25) is 4.72 Å². The molecule has 20 heavy (non-hydrogen) atoms. The number of anilines is 2. The highest BCUT2D eigenvalue weighted by Gasteiger charge is 2.19. The molecule has 1 aromatic heterocycles. The van der Waals surface area contributed by atoms with Gasteiger partial charge in [0.15, 0.2) is 5.82 Å². The zero-order chi connectivity index (χ0) is 14.8. The largest absolute Gasteiger partial charge is 0.307 e. The Balaban J connectivity index is 2.41. The van der Waals surface area contributed by atoms with Crippen molar-refractivity contribution in [2.24, 2.45) is 5.84 Å². The van der Waals surface area contributed by atoms with E-state index in [2.05, 4.69) is 15.1 Å². The van der Waals surface area contributed by atoms with Crippen molar-refractivity contribution in [1.82, 2.24) is 4.98 Å². The quantitative estimate of drug-likeness (QED) is 0.590. The molecule has 0 spiro atoms. The van der Waals surface area contributed by atoms with Gasteiger partial charge in [0.25, 0.3) is 10.0 Å². The van der Waals surface area contributed by atoms with Gasteiger partial charge in [-0.25, -0.2) is 19.2 Å². The summed E-state index contributed by atoms with van der Waals surface area (Å²) < 4.78 is 26.9. The Morgan fingerprint density at radius 3 is 2.40 bits per heavy atom. The minimum Gasteiger partial charge on any atom is -0.307 e. The molecule has 0 atom stereocenters. The Labute approximate surface area is 125 Å². The second kappa shape index (κ2) is 5.84. The summed E-state index contributed by atoms with van der Waals surface area (Å²) >= 11 is 11.6. The summed E-state index contributed by atoms with van der Waals surface area (Å²) in [5.74, 6) is 5.28. The summed E-state index contributed by atoms with van der Waals surface area (Å²) in [6.45, 7) is 0. The van der Waals surface area contributed by atoms with Crippen LogP contribution in [0.1, 0.15) is 0 Å². The lowest BCUT2D eigenvalue weighted by Crippen LogP contribution is -2.18. The van der Waals surface area contributed by atoms with Crippen molar-refractivity contribution in [2.75, 3.05) is 10.1 Å². The molecular formula is C11H10Cl2N4O2S. The number of nitrogen functional groups attached to an aromatic ring is 1. The van der Waals surface area contributed by atoms with Crippen molar-refractivity contribution in [3.05, 3.63) is 46.6 Å². The molecule has 0 saturated carbocycles. The molecule has 2 aromatic rings. The van der Waals surface area contributed by atoms with Gasteiger partial charge < -0.3 is 5.43 Å². The number of aromatic nitrogens is 1. The van der Waals surface area contributed by atoms with Gasteiger partial charge in [-0.1, -0.05) is 23.2 Å². The Hall–Kier alpha value is -1.54. The number of hydrazine groups is 1. The van der Waals surface area contributed by atoms with Gasteiger partial charge >= 0.3 is 0 Å². The normalized spacial score (nSPS) is 11.2. The first kappa shape index (κ1) is 14.9. The second-order valence-corrected chi connectivity index (χ2v) is 6.28. The van der Waals surface area contributed by atoms with Crippen LogP contribution in [0.2, 0.25) is 10.0 Å². The molecule has 0 bridgehead atoms. The maximum absolute atomic E-state index is 12.3. The number of hydrogen-bond acceptors (Lipinski definition) is 5. The number of halogens is 2. The van der Waals surface area contributed by atoms with Crippen LogP contribution in [0.5, 0.6) is 0 Å². The summed E-state index contributed by atoms with van der Waals surface area (Å²) in [7, 11) is -3.86. The molecule has 6 nitrogen and oxygen atoms in total. The van der Waals surface area contributed by atoms with Gasteiger partial charge in [0.1, 0.15) is 4.90 Å². The summed E-state index contributed by atoms with van der Waals surface area (Å²) in [6.07, 6.45) is 1.42. The lowest BCUT2D eigenvalue weighted by atomic mass is 10.3. The number of sulfonamides is 1. The molecule has 106 valence electrons. The van der Waals surface area contributed by atoms with E-state index in [1.54, 1.807) is 0 Å². The zero-order valence-corrected chi connectivity index (χ0v) is 12.3. The third kappa shape index (κ3) is 3.31. The van der Waals surface area contributed by atoms with E-state index in [9.17, 15) is 8.42 Å². The molecule has 0 aliphatic heterocycles. The van der Waals surface area contributed by atoms with E-state index in [1.807, 2.05) is 0 Å². The highest BCUT2D eigenvalue weighted by atomic mass is 35.5. The molecule has 0 aliphatic carbocycles. The minimum atomic E-state index is -3.86. The fraction of sp³-hybridized carbons (Fsp3) is 0. The van der Waals surface area contributed by atoms with Gasteiger partial charge in [0.2, 0.25) is 0 Å². The maximum atomic E-state index is 12.3. The van der Waals surface area contributed by atoms with Crippen LogP contribution < -0.4 is 16.0 Å². The molecule has 9 heteroatoms. The van der Waals surface area contributed by atoms with E-state index in [0.29, 0.717) is 10.0 Å². The number of nitrogens with zero attached hydrogens (tertiary/aromatic N) is 1. The summed E-state index contributed by atoms with van der Waals surface area (Å²) in [4.78, 5) is 3.75. The predicted octanol–water partition coefficient (Wildman–Crippen LogP) is 2.47. The van der Waals surface area contributed by atoms with Crippen LogP contribution in [0.3, 0.4) is 0 Å². The van der Waals surface area contributed by atoms with Gasteiger partial charge in [-0.2, -0.15) is 0 Å². The number of benzene rings is 1. The van der Waals surface area contributed by atoms with E-state index >= 15 is 0 Å². The zero-order valence-electron chi connectivity index (χ0n) is 9.97. The third-order valence-electron chi connectivity index (χ3n) is 2.31. The molecule has 0 unspecified atom stereocenters. The summed E-state index contributed by atoms with van der Waals surface area (Å²) in [5.41, 5.74) is 2.47. The highest BCUT2D eigenvalue weighted by Crippen LogP contribution is 2.26. The monoisotopic (exact) mass is 332 g/mol. The standard InChI is InChI=1S/C11H10Cl2N4O2S/c12-7-4-8(13)6-9(5-7)17-20(18,19)10-2-1-3-15-11(10)16-14/h1-6,17H,14H2,(H,15,16).